The number of piperidine rings is 1. The molecule has 4 aromatic heterocycles. The van der Waals surface area contributed by atoms with E-state index in [9.17, 15) is 9.59 Å². The highest BCUT2D eigenvalue weighted by atomic mass is 16.2. The van der Waals surface area contributed by atoms with Gasteiger partial charge in [0.1, 0.15) is 17.7 Å². The van der Waals surface area contributed by atoms with Gasteiger partial charge in [0.05, 0.1) is 17.0 Å². The van der Waals surface area contributed by atoms with Gasteiger partial charge in [-0.3, -0.25) is 14.6 Å². The average Bonchev–Trinajstić information content (AvgIpc) is 3.31. The molecule has 0 atom stereocenters. The number of carbonyl (C=O) groups is 1. The van der Waals surface area contributed by atoms with Gasteiger partial charge < -0.3 is 19.4 Å². The number of carbonyl (C=O) groups excluding carboxylic acids is 1. The largest absolute Gasteiger partial charge is 0.356 e. The minimum Gasteiger partial charge on any atom is -0.356 e. The molecule has 1 amide bonds. The lowest BCUT2D eigenvalue weighted by molar-refractivity contribution is 0.0710. The van der Waals surface area contributed by atoms with Crippen LogP contribution < -0.4 is 10.5 Å². The smallest absolute Gasteiger partial charge is 0.274 e. The molecule has 4 aromatic rings. The number of rotatable bonds is 5. The molecular formula is C26H29N7O2. The molecule has 9 nitrogen and oxygen atoms in total. The number of hydrogen-bond acceptors (Lipinski definition) is 6. The van der Waals surface area contributed by atoms with Crippen LogP contribution >= 0.6 is 0 Å². The maximum Gasteiger partial charge on any atom is 0.274 e. The average molecular weight is 472 g/mol. The molecule has 5 heterocycles. The third kappa shape index (κ3) is 4.29. The van der Waals surface area contributed by atoms with Gasteiger partial charge in [-0.25, -0.2) is 9.97 Å². The second kappa shape index (κ2) is 9.32. The van der Waals surface area contributed by atoms with E-state index in [4.69, 9.17) is 0 Å². The third-order valence-corrected chi connectivity index (χ3v) is 6.81. The summed E-state index contributed by atoms with van der Waals surface area (Å²) in [5.41, 5.74) is 3.43. The lowest BCUT2D eigenvalue weighted by atomic mass is 10.0. The fraction of sp³-hybridized carbons (Fsp3) is 0.346. The normalized spacial score (nSPS) is 14.4. The minimum absolute atomic E-state index is 0.0610. The van der Waals surface area contributed by atoms with Crippen LogP contribution in [-0.2, 0) is 6.54 Å². The quantitative estimate of drug-likeness (QED) is 0.480. The number of aryl methyl sites for hydroxylation is 2. The molecule has 0 aromatic carbocycles. The molecule has 1 fully saturated rings. The summed E-state index contributed by atoms with van der Waals surface area (Å²) in [6.07, 6.45) is 6.69. The van der Waals surface area contributed by atoms with E-state index in [2.05, 4.69) is 24.8 Å². The lowest BCUT2D eigenvalue weighted by Gasteiger charge is -2.37. The molecule has 0 saturated carbocycles. The van der Waals surface area contributed by atoms with Crippen LogP contribution in [0.1, 0.15) is 35.8 Å². The molecule has 0 unspecified atom stereocenters. The first-order valence-electron chi connectivity index (χ1n) is 11.9. The number of H-pyrrole nitrogens is 1. The minimum atomic E-state index is -0.0990. The summed E-state index contributed by atoms with van der Waals surface area (Å²) < 4.78 is 1.59. The van der Waals surface area contributed by atoms with E-state index in [0.717, 1.165) is 48.8 Å². The molecular weight excluding hydrogens is 442 g/mol. The predicted octanol–water partition coefficient (Wildman–Crippen LogP) is 3.25. The van der Waals surface area contributed by atoms with Crippen LogP contribution in [0.3, 0.4) is 0 Å². The van der Waals surface area contributed by atoms with Crippen molar-refractivity contribution in [3.8, 4) is 11.4 Å². The molecule has 35 heavy (non-hydrogen) atoms. The Morgan fingerprint density at radius 3 is 2.66 bits per heavy atom. The highest BCUT2D eigenvalue weighted by Crippen LogP contribution is 2.25. The second-order valence-corrected chi connectivity index (χ2v) is 8.99. The Hall–Kier alpha value is -4.01. The topological polar surface area (TPSA) is 100 Å². The maximum atomic E-state index is 13.6. The SMILES string of the molecule is CCn1cc(C(=O)N(C)C2CCN(c3cc(-c4ccccn4)ncn3)CC2)c2cc(C)[nH]c2c1=O. The zero-order valence-corrected chi connectivity index (χ0v) is 20.2. The van der Waals surface area contributed by atoms with Gasteiger partial charge in [-0.1, -0.05) is 6.07 Å². The molecule has 5 rings (SSSR count). The molecule has 1 aliphatic heterocycles. The first kappa shape index (κ1) is 22.8. The zero-order chi connectivity index (χ0) is 24.5. The van der Waals surface area contributed by atoms with Gasteiger partial charge in [0.25, 0.3) is 11.5 Å². The van der Waals surface area contributed by atoms with Crippen LogP contribution in [0.25, 0.3) is 22.3 Å². The summed E-state index contributed by atoms with van der Waals surface area (Å²) in [6, 6.07) is 9.72. The molecule has 0 bridgehead atoms. The van der Waals surface area contributed by atoms with Crippen molar-refractivity contribution in [1.29, 1.82) is 0 Å². The summed E-state index contributed by atoms with van der Waals surface area (Å²) >= 11 is 0. The Morgan fingerprint density at radius 2 is 1.94 bits per heavy atom. The summed E-state index contributed by atoms with van der Waals surface area (Å²) in [6.45, 7) is 5.88. The van der Waals surface area contributed by atoms with E-state index in [1.165, 1.54) is 0 Å². The van der Waals surface area contributed by atoms with Crippen molar-refractivity contribution in [2.24, 2.45) is 0 Å². The number of hydrogen-bond donors (Lipinski definition) is 1. The molecule has 1 N–H and O–H groups in total. The fourth-order valence-corrected chi connectivity index (χ4v) is 4.82. The second-order valence-electron chi connectivity index (χ2n) is 8.99. The fourth-order valence-electron chi connectivity index (χ4n) is 4.82. The number of anilines is 1. The van der Waals surface area contributed by atoms with Crippen molar-refractivity contribution in [2.75, 3.05) is 25.0 Å². The first-order chi connectivity index (χ1) is 17.0. The van der Waals surface area contributed by atoms with E-state index in [1.807, 2.05) is 56.1 Å². The van der Waals surface area contributed by atoms with Crippen LogP contribution in [-0.4, -0.2) is 61.5 Å². The van der Waals surface area contributed by atoms with Crippen molar-refractivity contribution >= 4 is 22.6 Å². The molecule has 1 saturated heterocycles. The molecule has 0 radical (unpaired) electrons. The summed E-state index contributed by atoms with van der Waals surface area (Å²) in [5.74, 6) is 0.807. The first-order valence-corrected chi connectivity index (χ1v) is 11.9. The van der Waals surface area contributed by atoms with Gasteiger partial charge in [-0.2, -0.15) is 0 Å². The van der Waals surface area contributed by atoms with Gasteiger partial charge in [-0.05, 0) is 44.9 Å². The molecule has 1 aliphatic rings. The van der Waals surface area contributed by atoms with Crippen LogP contribution in [0, 0.1) is 6.92 Å². The van der Waals surface area contributed by atoms with E-state index in [0.29, 0.717) is 23.0 Å². The highest BCUT2D eigenvalue weighted by Gasteiger charge is 2.28. The van der Waals surface area contributed by atoms with E-state index in [-0.39, 0.29) is 17.5 Å². The summed E-state index contributed by atoms with van der Waals surface area (Å²) in [5, 5.41) is 0.689. The molecule has 0 spiro atoms. The number of aromatic nitrogens is 5. The monoisotopic (exact) mass is 471 g/mol. The number of nitrogens with one attached hydrogen (secondary N) is 1. The predicted molar refractivity (Wildman–Crippen MR) is 136 cm³/mol. The van der Waals surface area contributed by atoms with E-state index >= 15 is 0 Å². The Morgan fingerprint density at radius 1 is 1.14 bits per heavy atom. The Labute approximate surface area is 203 Å². The molecule has 180 valence electrons. The Bertz CT molecular complexity index is 1420. The number of amides is 1. The van der Waals surface area contributed by atoms with Crippen molar-refractivity contribution < 1.29 is 4.79 Å². The van der Waals surface area contributed by atoms with Crippen molar-refractivity contribution in [1.82, 2.24) is 29.4 Å². The number of pyridine rings is 2. The lowest BCUT2D eigenvalue weighted by Crippen LogP contribution is -2.46. The van der Waals surface area contributed by atoms with Gasteiger partial charge in [0.2, 0.25) is 0 Å². The zero-order valence-electron chi connectivity index (χ0n) is 20.2. The van der Waals surface area contributed by atoms with Gasteiger partial charge in [0.15, 0.2) is 0 Å². The number of aromatic amines is 1. The third-order valence-electron chi connectivity index (χ3n) is 6.81. The van der Waals surface area contributed by atoms with Gasteiger partial charge in [-0.15, -0.1) is 0 Å². The molecule has 9 heteroatoms. The standard InChI is InChI=1S/C26H29N7O2/c1-4-32-15-20(19-13-17(2)30-24(19)26(32)35)25(34)31(3)18-8-11-33(12-9-18)23-14-22(28-16-29-23)21-7-5-6-10-27-21/h5-7,10,13-16,18,30H,4,8-9,11-12H2,1-3H3. The maximum absolute atomic E-state index is 13.6. The molecule has 0 aliphatic carbocycles. The van der Waals surface area contributed by atoms with Crippen LogP contribution in [0.15, 0.2) is 53.8 Å². The van der Waals surface area contributed by atoms with Crippen LogP contribution in [0.4, 0.5) is 5.82 Å². The van der Waals surface area contributed by atoms with Crippen molar-refractivity contribution in [3.05, 3.63) is 70.7 Å². The summed E-state index contributed by atoms with van der Waals surface area (Å²) in [7, 11) is 1.86. The number of nitrogens with zero attached hydrogens (tertiary/aromatic N) is 6. The highest BCUT2D eigenvalue weighted by molar-refractivity contribution is 6.06. The van der Waals surface area contributed by atoms with E-state index in [1.54, 1.807) is 23.3 Å². The van der Waals surface area contributed by atoms with Crippen LogP contribution in [0.5, 0.6) is 0 Å². The van der Waals surface area contributed by atoms with Crippen molar-refractivity contribution in [2.45, 2.75) is 39.3 Å². The summed E-state index contributed by atoms with van der Waals surface area (Å²) in [4.78, 5) is 46.7. The van der Waals surface area contributed by atoms with Crippen LogP contribution in [0.2, 0.25) is 0 Å². The van der Waals surface area contributed by atoms with E-state index < -0.39 is 0 Å². The van der Waals surface area contributed by atoms with Gasteiger partial charge in [0, 0.05) is 62.3 Å². The Kier molecular flexibility index (Phi) is 6.07. The Balaban J connectivity index is 1.32. The van der Waals surface area contributed by atoms with Crippen molar-refractivity contribution in [3.63, 3.8) is 0 Å². The number of fused-ring (bicyclic) bond motifs is 1. The van der Waals surface area contributed by atoms with Gasteiger partial charge >= 0.3 is 0 Å².